The lowest BCUT2D eigenvalue weighted by Gasteiger charge is -2.27. The number of aromatic nitrogens is 3. The molecule has 0 spiro atoms. The first-order valence-electron chi connectivity index (χ1n) is 8.05. The second-order valence-corrected chi connectivity index (χ2v) is 10.5. The maximum atomic E-state index is 12.1. The molecular weight excluding hydrogens is 503 g/mol. The van der Waals surface area contributed by atoms with E-state index in [-0.39, 0.29) is 5.95 Å². The Morgan fingerprint density at radius 1 is 1.25 bits per heavy atom. The van der Waals surface area contributed by atoms with Crippen LogP contribution < -0.4 is 17.2 Å². The fourth-order valence-electron chi connectivity index (χ4n) is 2.57. The summed E-state index contributed by atoms with van der Waals surface area (Å²) in [6.07, 6.45) is -3.96. The third-order valence-electron chi connectivity index (χ3n) is 3.71. The molecule has 2 heterocycles. The summed E-state index contributed by atoms with van der Waals surface area (Å²) in [6, 6.07) is 0. The average Bonchev–Trinajstić information content (AvgIpc) is 2.82. The third-order valence-corrected chi connectivity index (χ3v) is 7.51. The highest BCUT2D eigenvalue weighted by Gasteiger charge is 2.55. The molecule has 32 heavy (non-hydrogen) atoms. The molecule has 6 atom stereocenters. The summed E-state index contributed by atoms with van der Waals surface area (Å²) in [5, 5.41) is 10.5. The third kappa shape index (κ3) is 6.50. The average molecular weight is 521 g/mol. The predicted octanol–water partition coefficient (Wildman–Crippen LogP) is -2.46. The van der Waals surface area contributed by atoms with E-state index < -0.39 is 59.7 Å². The van der Waals surface area contributed by atoms with Crippen molar-refractivity contribution in [2.45, 2.75) is 30.9 Å². The van der Waals surface area contributed by atoms with Crippen LogP contribution in [0.1, 0.15) is 13.2 Å². The van der Waals surface area contributed by atoms with Gasteiger partial charge in [0.2, 0.25) is 5.95 Å². The number of nitrogens with zero attached hydrogens (tertiary/aromatic N) is 3. The monoisotopic (exact) mass is 521 g/mol. The van der Waals surface area contributed by atoms with Crippen LogP contribution in [0.2, 0.25) is 0 Å². The first kappa shape index (κ1) is 26.7. The molecular formula is C11H18N5O13P3. The summed E-state index contributed by atoms with van der Waals surface area (Å²) in [4.78, 5) is 54.8. The minimum atomic E-state index is -5.74. The standard InChI is InChI=1S/C11H18N5O13P3/c1-2-3-11(13)7(17)6(27-8(11)16-5-14-9(12)15-10(16)18)4-26-31(22,23)29-32(24,25)28-30(19,20)21/h5-8,17H,4,13H2,1H3,(H,22,23)(H,24,25)(H2,12,15,18)(H2,19,20,21)/t6-,7+,8-,11?/m1/s1. The number of aliphatic hydroxyl groups excluding tert-OH is 1. The van der Waals surface area contributed by atoms with Crippen molar-refractivity contribution in [3.63, 3.8) is 0 Å². The van der Waals surface area contributed by atoms with E-state index in [1.807, 2.05) is 0 Å². The van der Waals surface area contributed by atoms with E-state index in [0.717, 1.165) is 10.9 Å². The van der Waals surface area contributed by atoms with Crippen molar-refractivity contribution in [1.29, 1.82) is 0 Å². The van der Waals surface area contributed by atoms with E-state index in [4.69, 9.17) is 30.9 Å². The quantitative estimate of drug-likeness (QED) is 0.138. The Labute approximate surface area is 178 Å². The SMILES string of the molecule is CC#CC1(N)[C@@H](O)[C@@H](COP(=O)(O)OP(=O)(O)OP(=O)(O)O)O[C@H]1n1cnc(N)nc1=O. The molecule has 1 aliphatic rings. The van der Waals surface area contributed by atoms with Crippen LogP contribution in [0.5, 0.6) is 0 Å². The fraction of sp³-hybridized carbons (Fsp3) is 0.545. The van der Waals surface area contributed by atoms with Crippen molar-refractivity contribution in [3.05, 3.63) is 16.8 Å². The zero-order valence-corrected chi connectivity index (χ0v) is 18.5. The zero-order chi connectivity index (χ0) is 24.5. The van der Waals surface area contributed by atoms with Crippen molar-refractivity contribution in [2.75, 3.05) is 12.3 Å². The van der Waals surface area contributed by atoms with Gasteiger partial charge in [-0.2, -0.15) is 13.6 Å². The van der Waals surface area contributed by atoms with E-state index in [9.17, 15) is 28.5 Å². The molecule has 0 aliphatic carbocycles. The Hall–Kier alpha value is -1.54. The largest absolute Gasteiger partial charge is 0.490 e. The van der Waals surface area contributed by atoms with Crippen LogP contribution in [-0.2, 0) is 31.6 Å². The lowest BCUT2D eigenvalue weighted by atomic mass is 9.91. The zero-order valence-electron chi connectivity index (χ0n) is 15.9. The van der Waals surface area contributed by atoms with Crippen molar-refractivity contribution in [2.24, 2.45) is 5.73 Å². The molecule has 1 aromatic rings. The number of anilines is 1. The number of ether oxygens (including phenoxy) is 1. The van der Waals surface area contributed by atoms with Gasteiger partial charge in [0.1, 0.15) is 18.5 Å². The number of hydrogen-bond donors (Lipinski definition) is 7. The molecule has 1 aliphatic heterocycles. The molecule has 2 rings (SSSR count). The van der Waals surface area contributed by atoms with E-state index in [0.29, 0.717) is 0 Å². The molecule has 1 saturated heterocycles. The lowest BCUT2D eigenvalue weighted by molar-refractivity contribution is -0.0471. The molecule has 9 N–H and O–H groups in total. The van der Waals surface area contributed by atoms with Crippen LogP contribution in [0.3, 0.4) is 0 Å². The molecule has 0 saturated carbocycles. The van der Waals surface area contributed by atoms with Gasteiger partial charge in [0.15, 0.2) is 11.8 Å². The number of phosphoric acid groups is 3. The van der Waals surface area contributed by atoms with Crippen molar-refractivity contribution >= 4 is 29.4 Å². The summed E-state index contributed by atoms with van der Waals surface area (Å²) in [5.74, 6) is 4.52. The van der Waals surface area contributed by atoms with Gasteiger partial charge in [-0.3, -0.25) is 9.09 Å². The first-order valence-corrected chi connectivity index (χ1v) is 12.6. The number of nitrogen functional groups attached to an aromatic ring is 1. The van der Waals surface area contributed by atoms with E-state index in [1.165, 1.54) is 6.92 Å². The van der Waals surface area contributed by atoms with Gasteiger partial charge in [0.05, 0.1) is 6.61 Å². The minimum absolute atomic E-state index is 0.363. The highest BCUT2D eigenvalue weighted by Crippen LogP contribution is 2.66. The normalized spacial score (nSPS) is 29.5. The van der Waals surface area contributed by atoms with Crippen LogP contribution in [0.25, 0.3) is 0 Å². The number of nitrogens with two attached hydrogens (primary N) is 2. The van der Waals surface area contributed by atoms with Crippen LogP contribution in [-0.4, -0.2) is 63.6 Å². The van der Waals surface area contributed by atoms with Crippen LogP contribution in [0, 0.1) is 11.8 Å². The van der Waals surface area contributed by atoms with Gasteiger partial charge in [-0.05, 0) is 6.92 Å². The summed E-state index contributed by atoms with van der Waals surface area (Å²) in [7, 11) is -16.8. The Morgan fingerprint density at radius 3 is 2.41 bits per heavy atom. The van der Waals surface area contributed by atoms with Crippen LogP contribution in [0.4, 0.5) is 5.95 Å². The summed E-state index contributed by atoms with van der Waals surface area (Å²) in [6.45, 7) is 0.330. The molecule has 0 aromatic carbocycles. The topological polar surface area (TPSA) is 289 Å². The smallest absolute Gasteiger partial charge is 0.387 e. The second kappa shape index (κ2) is 9.37. The Balaban J connectivity index is 2.23. The summed E-state index contributed by atoms with van der Waals surface area (Å²) in [5.41, 5.74) is 8.44. The van der Waals surface area contributed by atoms with Crippen LogP contribution in [0.15, 0.2) is 11.1 Å². The minimum Gasteiger partial charge on any atom is -0.387 e. The van der Waals surface area contributed by atoms with E-state index >= 15 is 0 Å². The highest BCUT2D eigenvalue weighted by atomic mass is 31.3. The summed E-state index contributed by atoms with van der Waals surface area (Å²) < 4.78 is 51.6. The Morgan fingerprint density at radius 2 is 1.88 bits per heavy atom. The van der Waals surface area contributed by atoms with Crippen molar-refractivity contribution in [3.8, 4) is 11.8 Å². The van der Waals surface area contributed by atoms with Crippen molar-refractivity contribution < 1.29 is 56.3 Å². The van der Waals surface area contributed by atoms with E-state index in [1.54, 1.807) is 0 Å². The summed E-state index contributed by atoms with van der Waals surface area (Å²) >= 11 is 0. The second-order valence-electron chi connectivity index (χ2n) is 6.07. The lowest BCUT2D eigenvalue weighted by Crippen LogP contribution is -2.55. The number of aliphatic hydroxyl groups is 1. The van der Waals surface area contributed by atoms with Gasteiger partial charge in [0.25, 0.3) is 0 Å². The maximum absolute atomic E-state index is 12.1. The number of hydrogen-bond acceptors (Lipinski definition) is 13. The van der Waals surface area contributed by atoms with Gasteiger partial charge in [-0.25, -0.2) is 23.5 Å². The maximum Gasteiger partial charge on any atom is 0.490 e. The molecule has 0 radical (unpaired) electrons. The predicted molar refractivity (Wildman–Crippen MR) is 101 cm³/mol. The molecule has 3 unspecified atom stereocenters. The van der Waals surface area contributed by atoms with Gasteiger partial charge >= 0.3 is 29.2 Å². The molecule has 0 amide bonds. The van der Waals surface area contributed by atoms with Crippen molar-refractivity contribution in [1.82, 2.24) is 14.5 Å². The molecule has 0 bridgehead atoms. The van der Waals surface area contributed by atoms with E-state index in [2.05, 4.69) is 35.0 Å². The fourth-order valence-corrected chi connectivity index (χ4v) is 5.60. The number of rotatable bonds is 8. The first-order chi connectivity index (χ1) is 14.5. The molecule has 1 fully saturated rings. The molecule has 1 aromatic heterocycles. The van der Waals surface area contributed by atoms with Gasteiger partial charge in [-0.15, -0.1) is 5.92 Å². The number of phosphoric ester groups is 1. The Kier molecular flexibility index (Phi) is 7.82. The highest BCUT2D eigenvalue weighted by molar-refractivity contribution is 7.66. The van der Waals surface area contributed by atoms with Crippen LogP contribution >= 0.6 is 23.5 Å². The van der Waals surface area contributed by atoms with Gasteiger partial charge in [0, 0.05) is 0 Å². The molecule has 21 heteroatoms. The Bertz CT molecular complexity index is 1130. The van der Waals surface area contributed by atoms with Gasteiger partial charge in [-0.1, -0.05) is 5.92 Å². The molecule has 180 valence electrons. The van der Waals surface area contributed by atoms with Gasteiger partial charge < -0.3 is 40.9 Å². The molecule has 18 nitrogen and oxygen atoms in total.